The second-order valence-corrected chi connectivity index (χ2v) is 4.62. The third-order valence-corrected chi connectivity index (χ3v) is 2.76. The van der Waals surface area contributed by atoms with Crippen molar-refractivity contribution in [3.05, 3.63) is 17.6 Å². The summed E-state index contributed by atoms with van der Waals surface area (Å²) >= 11 is 0. The Morgan fingerprint density at radius 3 is 1.96 bits per heavy atom. The maximum atomic E-state index is 11.2. The van der Waals surface area contributed by atoms with Crippen molar-refractivity contribution in [2.45, 2.75) is 12.2 Å². The molecule has 0 fully saturated rings. The van der Waals surface area contributed by atoms with Crippen LogP contribution in [-0.2, 0) is 0 Å². The zero-order valence-electron chi connectivity index (χ0n) is 11.9. The molecular weight excluding hydrogens is 314 g/mol. The molecule has 0 aliphatic carbocycles. The van der Waals surface area contributed by atoms with Crippen molar-refractivity contribution >= 4 is 17.8 Å². The minimum absolute atomic E-state index is 0.356. The van der Waals surface area contributed by atoms with Gasteiger partial charge in [-0.1, -0.05) is 0 Å². The summed E-state index contributed by atoms with van der Waals surface area (Å²) in [6, 6.07) is 0. The van der Waals surface area contributed by atoms with Gasteiger partial charge in [0.1, 0.15) is 0 Å². The van der Waals surface area contributed by atoms with Gasteiger partial charge in [-0.2, -0.15) is 0 Å². The van der Waals surface area contributed by atoms with Crippen molar-refractivity contribution in [2.75, 3.05) is 31.2 Å². The Morgan fingerprint density at radius 1 is 1.04 bits per heavy atom. The van der Waals surface area contributed by atoms with E-state index in [9.17, 15) is 19.8 Å². The van der Waals surface area contributed by atoms with E-state index in [2.05, 4.69) is 9.97 Å². The summed E-state index contributed by atoms with van der Waals surface area (Å²) in [6.45, 7) is -2.02. The molecule has 0 saturated carbocycles. The van der Waals surface area contributed by atoms with Gasteiger partial charge in [-0.05, 0) is 0 Å². The lowest BCUT2D eigenvalue weighted by Gasteiger charge is -2.28. The van der Waals surface area contributed by atoms with Crippen LogP contribution in [0.25, 0.3) is 0 Å². The Balaban J connectivity index is 3.32. The van der Waals surface area contributed by atoms with Crippen LogP contribution in [0.5, 0.6) is 0 Å². The van der Waals surface area contributed by atoms with Crippen molar-refractivity contribution in [3.63, 3.8) is 0 Å². The molecule has 0 amide bonds. The largest absolute Gasteiger partial charge is 0.476 e. The highest BCUT2D eigenvalue weighted by Crippen LogP contribution is 2.18. The Kier molecular flexibility index (Phi) is 6.78. The summed E-state index contributed by atoms with van der Waals surface area (Å²) < 4.78 is 0. The van der Waals surface area contributed by atoms with E-state index in [0.717, 1.165) is 11.1 Å². The highest BCUT2D eigenvalue weighted by atomic mass is 16.4. The molecule has 2 atom stereocenters. The lowest BCUT2D eigenvalue weighted by Crippen LogP contribution is -2.42. The first-order valence-electron chi connectivity index (χ1n) is 6.46. The molecular formula is C12H17N3O8. The van der Waals surface area contributed by atoms with Crippen molar-refractivity contribution in [1.29, 1.82) is 0 Å². The van der Waals surface area contributed by atoms with Crippen LogP contribution in [0, 0.1) is 0 Å². The number of aliphatic hydroxyl groups excluding tert-OH is 4. The van der Waals surface area contributed by atoms with E-state index in [1.807, 2.05) is 0 Å². The molecule has 1 heterocycles. The van der Waals surface area contributed by atoms with Gasteiger partial charge < -0.3 is 35.5 Å². The highest BCUT2D eigenvalue weighted by Gasteiger charge is 2.25. The number of carboxylic acids is 2. The monoisotopic (exact) mass is 331 g/mol. The first-order valence-corrected chi connectivity index (χ1v) is 6.46. The van der Waals surface area contributed by atoms with Gasteiger partial charge in [0.25, 0.3) is 0 Å². The molecule has 0 aliphatic heterocycles. The van der Waals surface area contributed by atoms with Crippen LogP contribution >= 0.6 is 0 Å². The highest BCUT2D eigenvalue weighted by molar-refractivity contribution is 5.93. The molecule has 2 unspecified atom stereocenters. The summed E-state index contributed by atoms with van der Waals surface area (Å²) in [5, 5.41) is 54.9. The van der Waals surface area contributed by atoms with Crippen LogP contribution in [0.4, 0.5) is 5.82 Å². The number of rotatable bonds is 9. The van der Waals surface area contributed by atoms with E-state index in [0.29, 0.717) is 0 Å². The summed E-state index contributed by atoms with van der Waals surface area (Å²) in [7, 11) is 0. The predicted molar refractivity (Wildman–Crippen MR) is 74.3 cm³/mol. The molecule has 0 aliphatic rings. The summed E-state index contributed by atoms with van der Waals surface area (Å²) in [5.74, 6) is -3.34. The SMILES string of the molecule is O=C(O)c1cnc(C(=O)O)c(N(CC(O)CO)CC(O)CO)n1. The van der Waals surface area contributed by atoms with Crippen LogP contribution in [-0.4, -0.2) is 91.1 Å². The Hall–Kier alpha value is -2.34. The molecule has 1 rings (SSSR count). The molecule has 0 saturated heterocycles. The maximum Gasteiger partial charge on any atom is 0.358 e. The Morgan fingerprint density at radius 2 is 1.57 bits per heavy atom. The van der Waals surface area contributed by atoms with E-state index in [1.165, 1.54) is 0 Å². The molecule has 128 valence electrons. The predicted octanol–water partition coefficient (Wildman–Crippen LogP) is -2.61. The number of aromatic nitrogens is 2. The zero-order valence-corrected chi connectivity index (χ0v) is 11.9. The molecule has 1 aromatic rings. The van der Waals surface area contributed by atoms with Gasteiger partial charge in [0, 0.05) is 13.1 Å². The molecule has 1 aromatic heterocycles. The fraction of sp³-hybridized carbons (Fsp3) is 0.500. The minimum atomic E-state index is -1.49. The van der Waals surface area contributed by atoms with Crippen LogP contribution in [0.2, 0.25) is 0 Å². The van der Waals surface area contributed by atoms with Crippen molar-refractivity contribution in [3.8, 4) is 0 Å². The van der Waals surface area contributed by atoms with Gasteiger partial charge in [-0.15, -0.1) is 0 Å². The number of aliphatic hydroxyl groups is 4. The first kappa shape index (κ1) is 18.7. The topological polar surface area (TPSA) is 185 Å². The molecule has 11 nitrogen and oxygen atoms in total. The smallest absolute Gasteiger partial charge is 0.358 e. The third-order valence-electron chi connectivity index (χ3n) is 2.76. The van der Waals surface area contributed by atoms with Crippen molar-refractivity contribution in [1.82, 2.24) is 9.97 Å². The third kappa shape index (κ3) is 5.10. The summed E-state index contributed by atoms with van der Waals surface area (Å²) in [4.78, 5) is 30.4. The fourth-order valence-corrected chi connectivity index (χ4v) is 1.73. The Bertz CT molecular complexity index is 555. The average molecular weight is 331 g/mol. The molecule has 11 heteroatoms. The van der Waals surface area contributed by atoms with Crippen LogP contribution in [0.1, 0.15) is 21.0 Å². The first-order chi connectivity index (χ1) is 10.8. The van der Waals surface area contributed by atoms with Gasteiger partial charge in [0.05, 0.1) is 31.6 Å². The Labute approximate surface area is 130 Å². The van der Waals surface area contributed by atoms with Crippen LogP contribution in [0.15, 0.2) is 6.20 Å². The second kappa shape index (κ2) is 8.33. The second-order valence-electron chi connectivity index (χ2n) is 4.62. The lowest BCUT2D eigenvalue weighted by molar-refractivity contribution is 0.0668. The molecule has 0 aromatic carbocycles. The number of carboxylic acid groups (broad SMARTS) is 2. The molecule has 0 bridgehead atoms. The number of carbonyl (C=O) groups is 2. The molecule has 6 N–H and O–H groups in total. The summed E-state index contributed by atoms with van der Waals surface area (Å²) in [6.07, 6.45) is -1.85. The van der Waals surface area contributed by atoms with E-state index in [4.69, 9.17) is 20.4 Å². The van der Waals surface area contributed by atoms with Crippen molar-refractivity contribution < 1.29 is 40.2 Å². The van der Waals surface area contributed by atoms with Gasteiger partial charge in [-0.25, -0.2) is 19.6 Å². The lowest BCUT2D eigenvalue weighted by atomic mass is 10.2. The molecule has 23 heavy (non-hydrogen) atoms. The molecule has 0 spiro atoms. The van der Waals surface area contributed by atoms with E-state index >= 15 is 0 Å². The average Bonchev–Trinajstić information content (AvgIpc) is 2.52. The number of hydrogen-bond donors (Lipinski definition) is 6. The van der Waals surface area contributed by atoms with E-state index in [-0.39, 0.29) is 13.1 Å². The number of hydrogen-bond acceptors (Lipinski definition) is 9. The standard InChI is InChI=1S/C12H17N3O8/c16-4-6(18)2-15(3-7(19)5-17)10-9(12(22)23)13-1-8(14-10)11(20)21/h1,6-7,16-19H,2-5H2,(H,20,21)(H,22,23). The quantitative estimate of drug-likeness (QED) is 0.278. The fourth-order valence-electron chi connectivity index (χ4n) is 1.73. The maximum absolute atomic E-state index is 11.2. The normalized spacial score (nSPS) is 13.4. The van der Waals surface area contributed by atoms with E-state index in [1.54, 1.807) is 0 Å². The van der Waals surface area contributed by atoms with Gasteiger partial charge in [-0.3, -0.25) is 0 Å². The molecule has 0 radical (unpaired) electrons. The number of nitrogens with zero attached hydrogens (tertiary/aromatic N) is 3. The van der Waals surface area contributed by atoms with Crippen LogP contribution < -0.4 is 4.90 Å². The van der Waals surface area contributed by atoms with Crippen LogP contribution in [0.3, 0.4) is 0 Å². The van der Waals surface area contributed by atoms with Crippen molar-refractivity contribution in [2.24, 2.45) is 0 Å². The van der Waals surface area contributed by atoms with E-state index < -0.39 is 54.6 Å². The van der Waals surface area contributed by atoms with Gasteiger partial charge >= 0.3 is 11.9 Å². The number of aromatic carboxylic acids is 2. The zero-order chi connectivity index (χ0) is 17.6. The summed E-state index contributed by atoms with van der Waals surface area (Å²) in [5.41, 5.74) is -1.13. The van der Waals surface area contributed by atoms with Gasteiger partial charge in [0.2, 0.25) is 0 Å². The number of anilines is 1. The van der Waals surface area contributed by atoms with Gasteiger partial charge in [0.15, 0.2) is 17.2 Å². The minimum Gasteiger partial charge on any atom is -0.476 e.